The Balaban J connectivity index is 1.43. The summed E-state index contributed by atoms with van der Waals surface area (Å²) in [6.07, 6.45) is 9.93. The highest BCUT2D eigenvalue weighted by Gasteiger charge is 2.46. The average Bonchev–Trinajstić information content (AvgIpc) is 3.54. The smallest absolute Gasteiger partial charge is 0.277 e. The molecule has 7 heteroatoms. The van der Waals surface area contributed by atoms with Gasteiger partial charge in [-0.15, -0.1) is 0 Å². The quantitative estimate of drug-likeness (QED) is 0.622. The molecule has 2 aromatic heterocycles. The molecule has 2 aliphatic carbocycles. The van der Waals surface area contributed by atoms with Gasteiger partial charge in [-0.05, 0) is 68.1 Å². The largest absolute Gasteiger partial charge is 0.370 e. The molecule has 1 spiro atoms. The maximum Gasteiger partial charge on any atom is 0.277 e. The summed E-state index contributed by atoms with van der Waals surface area (Å²) in [6.45, 7) is 2.92. The first-order valence-electron chi connectivity index (χ1n) is 11.2. The minimum atomic E-state index is -0.557. The Morgan fingerprint density at radius 2 is 2.03 bits per heavy atom. The van der Waals surface area contributed by atoms with Crippen molar-refractivity contribution in [3.8, 4) is 0 Å². The van der Waals surface area contributed by atoms with Gasteiger partial charge in [-0.2, -0.15) is 0 Å². The van der Waals surface area contributed by atoms with Crippen LogP contribution < -0.4 is 21.5 Å². The second-order valence-corrected chi connectivity index (χ2v) is 9.37. The lowest BCUT2D eigenvalue weighted by Crippen LogP contribution is -2.49. The number of aromatic nitrogens is 2. The highest BCUT2D eigenvalue weighted by molar-refractivity contribution is 5.98. The number of nitrogens with zero attached hydrogens (tertiary/aromatic N) is 2. The third-order valence-corrected chi connectivity index (χ3v) is 7.30. The number of hydrogen-bond donors (Lipinski definition) is 3. The first-order chi connectivity index (χ1) is 14.6. The average molecular weight is 406 g/mol. The van der Waals surface area contributed by atoms with Crippen molar-refractivity contribution in [3.05, 3.63) is 45.0 Å². The van der Waals surface area contributed by atoms with Crippen molar-refractivity contribution in [2.45, 2.75) is 64.0 Å². The molecule has 0 radical (unpaired) electrons. The van der Waals surface area contributed by atoms with E-state index in [0.717, 1.165) is 72.8 Å². The first-order valence-corrected chi connectivity index (χ1v) is 11.2. The van der Waals surface area contributed by atoms with Crippen LogP contribution in [-0.4, -0.2) is 22.0 Å². The molecule has 7 nitrogen and oxygen atoms in total. The molecule has 0 bridgehead atoms. The van der Waals surface area contributed by atoms with Crippen LogP contribution in [-0.2, 0) is 12.1 Å². The van der Waals surface area contributed by atoms with E-state index in [0.29, 0.717) is 17.8 Å². The van der Waals surface area contributed by atoms with Crippen LogP contribution in [0.25, 0.3) is 0 Å². The van der Waals surface area contributed by atoms with Gasteiger partial charge >= 0.3 is 0 Å². The Bertz CT molecular complexity index is 1130. The number of fused-ring (bicyclic) bond motifs is 4. The van der Waals surface area contributed by atoms with E-state index in [-0.39, 0.29) is 11.5 Å². The monoisotopic (exact) mass is 405 g/mol. The van der Waals surface area contributed by atoms with E-state index in [2.05, 4.69) is 20.9 Å². The van der Waals surface area contributed by atoms with Gasteiger partial charge in [0, 0.05) is 30.9 Å². The van der Waals surface area contributed by atoms with Crippen molar-refractivity contribution in [1.82, 2.24) is 14.9 Å². The fraction of sp³-hybridized carbons (Fsp3) is 0.522. The van der Waals surface area contributed by atoms with Crippen LogP contribution in [0.1, 0.15) is 72.1 Å². The standard InChI is InChI=1S/C23H27N5O2/c1-13-16-9-15-12-25-18(24-11-14-5-6-14)10-17(15)26-19(16)22(30)28-20(13)21(29)27-23(28)7-3-2-4-8-23/h10,12,14,26H,2-9,11H2,1H3,(H,24,25)(H,27,29). The number of hydrogen-bond acceptors (Lipinski definition) is 5. The van der Waals surface area contributed by atoms with E-state index in [9.17, 15) is 9.59 Å². The summed E-state index contributed by atoms with van der Waals surface area (Å²) in [6, 6.07) is 2.01. The minimum absolute atomic E-state index is 0.0826. The van der Waals surface area contributed by atoms with Crippen LogP contribution in [0.15, 0.2) is 17.1 Å². The Labute approximate surface area is 175 Å². The third-order valence-electron chi connectivity index (χ3n) is 7.30. The summed E-state index contributed by atoms with van der Waals surface area (Å²) in [5, 5.41) is 10.00. The van der Waals surface area contributed by atoms with Gasteiger partial charge in [0.2, 0.25) is 0 Å². The number of amides is 1. The summed E-state index contributed by atoms with van der Waals surface area (Å²) >= 11 is 0. The van der Waals surface area contributed by atoms with Gasteiger partial charge in [0.05, 0.1) is 0 Å². The molecule has 4 aliphatic rings. The maximum atomic E-state index is 13.7. The van der Waals surface area contributed by atoms with Crippen LogP contribution in [0.2, 0.25) is 0 Å². The van der Waals surface area contributed by atoms with Crippen LogP contribution in [0.3, 0.4) is 0 Å². The number of anilines is 3. The third kappa shape index (κ3) is 2.60. The van der Waals surface area contributed by atoms with E-state index < -0.39 is 5.66 Å². The van der Waals surface area contributed by atoms with Crippen molar-refractivity contribution in [3.63, 3.8) is 0 Å². The van der Waals surface area contributed by atoms with Gasteiger partial charge < -0.3 is 16.0 Å². The van der Waals surface area contributed by atoms with Crippen molar-refractivity contribution < 1.29 is 4.79 Å². The fourth-order valence-electron chi connectivity index (χ4n) is 5.42. The van der Waals surface area contributed by atoms with Crippen molar-refractivity contribution >= 4 is 23.1 Å². The number of carbonyl (C=O) groups is 1. The zero-order chi connectivity index (χ0) is 20.5. The minimum Gasteiger partial charge on any atom is -0.370 e. The van der Waals surface area contributed by atoms with Crippen molar-refractivity contribution in [2.24, 2.45) is 5.92 Å². The molecule has 2 aliphatic heterocycles. The molecule has 2 aromatic rings. The predicted octanol–water partition coefficient (Wildman–Crippen LogP) is 3.38. The van der Waals surface area contributed by atoms with Crippen LogP contribution in [0.5, 0.6) is 0 Å². The predicted molar refractivity (Wildman–Crippen MR) is 116 cm³/mol. The molecule has 0 aromatic carbocycles. The highest BCUT2D eigenvalue weighted by atomic mass is 16.2. The fourth-order valence-corrected chi connectivity index (χ4v) is 5.42. The molecule has 156 valence electrons. The Kier molecular flexibility index (Phi) is 3.80. The van der Waals surface area contributed by atoms with Crippen molar-refractivity contribution in [2.75, 3.05) is 17.2 Å². The second-order valence-electron chi connectivity index (χ2n) is 9.37. The lowest BCUT2D eigenvalue weighted by atomic mass is 9.88. The SMILES string of the molecule is Cc1c2c(c(=O)n3c1C(=O)NC31CCCCC1)Nc1cc(NCC3CC3)ncc1C2. The topological polar surface area (TPSA) is 88.0 Å². The zero-order valence-electron chi connectivity index (χ0n) is 17.3. The van der Waals surface area contributed by atoms with E-state index in [4.69, 9.17) is 0 Å². The Morgan fingerprint density at radius 1 is 1.23 bits per heavy atom. The summed E-state index contributed by atoms with van der Waals surface area (Å²) in [5.74, 6) is 1.50. The second kappa shape index (κ2) is 6.33. The molecular formula is C23H27N5O2. The molecule has 2 fully saturated rings. The van der Waals surface area contributed by atoms with Gasteiger partial charge in [-0.3, -0.25) is 14.2 Å². The molecule has 4 heterocycles. The van der Waals surface area contributed by atoms with E-state index in [1.807, 2.05) is 19.2 Å². The van der Waals surface area contributed by atoms with Crippen molar-refractivity contribution in [1.29, 1.82) is 0 Å². The summed E-state index contributed by atoms with van der Waals surface area (Å²) < 4.78 is 1.77. The summed E-state index contributed by atoms with van der Waals surface area (Å²) in [4.78, 5) is 31.1. The molecular weight excluding hydrogens is 378 g/mol. The lowest BCUT2D eigenvalue weighted by molar-refractivity contribution is 0.0876. The zero-order valence-corrected chi connectivity index (χ0v) is 17.3. The number of pyridine rings is 2. The Hall–Kier alpha value is -2.83. The number of carbonyl (C=O) groups excluding carboxylic acids is 1. The first kappa shape index (κ1) is 18.0. The van der Waals surface area contributed by atoms with Crippen LogP contribution in [0, 0.1) is 12.8 Å². The summed E-state index contributed by atoms with van der Waals surface area (Å²) in [5.41, 5.74) is 4.33. The number of nitrogens with one attached hydrogen (secondary N) is 3. The molecule has 6 rings (SSSR count). The van der Waals surface area contributed by atoms with E-state index >= 15 is 0 Å². The van der Waals surface area contributed by atoms with E-state index in [1.165, 1.54) is 12.8 Å². The number of rotatable bonds is 3. The molecule has 0 atom stereocenters. The highest BCUT2D eigenvalue weighted by Crippen LogP contribution is 2.41. The van der Waals surface area contributed by atoms with Crippen LogP contribution >= 0.6 is 0 Å². The van der Waals surface area contributed by atoms with Gasteiger partial charge in [0.25, 0.3) is 11.5 Å². The normalized spacial score (nSPS) is 20.8. The molecule has 1 amide bonds. The lowest BCUT2D eigenvalue weighted by Gasteiger charge is -2.36. The Morgan fingerprint density at radius 3 is 2.80 bits per heavy atom. The van der Waals surface area contributed by atoms with Gasteiger partial charge in [-0.1, -0.05) is 6.42 Å². The molecule has 2 saturated carbocycles. The summed E-state index contributed by atoms with van der Waals surface area (Å²) in [7, 11) is 0. The van der Waals surface area contributed by atoms with E-state index in [1.54, 1.807) is 4.57 Å². The molecule has 30 heavy (non-hydrogen) atoms. The molecule has 0 unspecified atom stereocenters. The van der Waals surface area contributed by atoms with Crippen LogP contribution in [0.4, 0.5) is 17.2 Å². The van der Waals surface area contributed by atoms with Gasteiger partial charge in [0.15, 0.2) is 0 Å². The molecule has 0 saturated heterocycles. The van der Waals surface area contributed by atoms with Gasteiger partial charge in [0.1, 0.15) is 22.9 Å². The maximum absolute atomic E-state index is 13.7. The molecule has 3 N–H and O–H groups in total. The van der Waals surface area contributed by atoms with Gasteiger partial charge in [-0.25, -0.2) is 4.98 Å².